The van der Waals surface area contributed by atoms with Crippen molar-refractivity contribution in [3.8, 4) is 6.07 Å². The van der Waals surface area contributed by atoms with Gasteiger partial charge in [-0.3, -0.25) is 9.89 Å². The summed E-state index contributed by atoms with van der Waals surface area (Å²) in [6, 6.07) is 22.0. The molecule has 1 radical (unpaired) electrons. The molecular formula is C29H21FN3O. The first-order valence-corrected chi connectivity index (χ1v) is 11.1. The Bertz CT molecular complexity index is 1500. The number of aromatic amines is 1. The average Bonchev–Trinajstić information content (AvgIpc) is 3.63. The van der Waals surface area contributed by atoms with E-state index in [9.17, 15) is 14.4 Å². The molecule has 4 nitrogen and oxygen atoms in total. The molecule has 0 bridgehead atoms. The SMILES string of the molecule is Cc1ccccc1/C(=C(\c1ccc(/C=C/[C]=O)cc1)c1ccc2[nH]nc(F)c2c1C#N)C1CC1. The number of H-pyrrole nitrogens is 1. The second kappa shape index (κ2) is 8.92. The molecule has 0 amide bonds. The Hall–Kier alpha value is -4.30. The number of aromatic nitrogens is 2. The molecule has 3 aromatic carbocycles. The molecule has 0 aliphatic heterocycles. The van der Waals surface area contributed by atoms with Crippen molar-refractivity contribution in [1.29, 1.82) is 5.26 Å². The number of aryl methyl sites for hydroxylation is 1. The van der Waals surface area contributed by atoms with Crippen molar-refractivity contribution in [1.82, 2.24) is 10.2 Å². The smallest absolute Gasteiger partial charge is 0.241 e. The van der Waals surface area contributed by atoms with Gasteiger partial charge in [0.05, 0.1) is 16.5 Å². The van der Waals surface area contributed by atoms with Gasteiger partial charge in [0.25, 0.3) is 0 Å². The molecule has 1 fully saturated rings. The monoisotopic (exact) mass is 446 g/mol. The van der Waals surface area contributed by atoms with E-state index in [0.717, 1.165) is 40.7 Å². The molecule has 1 aromatic heterocycles. The number of nitrogens with zero attached hydrogens (tertiary/aromatic N) is 2. The lowest BCUT2D eigenvalue weighted by molar-refractivity contribution is 0.564. The number of nitriles is 1. The predicted molar refractivity (Wildman–Crippen MR) is 132 cm³/mol. The minimum atomic E-state index is -0.679. The van der Waals surface area contributed by atoms with Crippen LogP contribution in [-0.2, 0) is 4.79 Å². The van der Waals surface area contributed by atoms with Gasteiger partial charge in [0.2, 0.25) is 12.2 Å². The highest BCUT2D eigenvalue weighted by atomic mass is 19.1. The zero-order chi connectivity index (χ0) is 23.7. The van der Waals surface area contributed by atoms with Crippen LogP contribution >= 0.6 is 0 Å². The molecule has 5 heteroatoms. The van der Waals surface area contributed by atoms with E-state index in [-0.39, 0.29) is 10.9 Å². The highest BCUT2D eigenvalue weighted by molar-refractivity contribution is 6.04. The third-order valence-electron chi connectivity index (χ3n) is 6.30. The minimum Gasteiger partial charge on any atom is -0.286 e. The van der Waals surface area contributed by atoms with Crippen molar-refractivity contribution in [2.24, 2.45) is 5.92 Å². The average molecular weight is 447 g/mol. The van der Waals surface area contributed by atoms with Crippen LogP contribution in [0.3, 0.4) is 0 Å². The van der Waals surface area contributed by atoms with Gasteiger partial charge >= 0.3 is 0 Å². The van der Waals surface area contributed by atoms with Crippen LogP contribution in [0.1, 0.15) is 46.2 Å². The molecule has 1 N–H and O–H groups in total. The first-order valence-electron chi connectivity index (χ1n) is 11.1. The number of benzene rings is 3. The lowest BCUT2D eigenvalue weighted by Crippen LogP contribution is -2.01. The van der Waals surface area contributed by atoms with E-state index in [1.54, 1.807) is 18.4 Å². The zero-order valence-corrected chi connectivity index (χ0v) is 18.6. The Morgan fingerprint density at radius 2 is 1.85 bits per heavy atom. The van der Waals surface area contributed by atoms with Crippen LogP contribution < -0.4 is 0 Å². The lowest BCUT2D eigenvalue weighted by Gasteiger charge is -2.20. The van der Waals surface area contributed by atoms with E-state index in [0.29, 0.717) is 17.0 Å². The topological polar surface area (TPSA) is 69.5 Å². The number of allylic oxidation sites excluding steroid dienone is 2. The summed E-state index contributed by atoms with van der Waals surface area (Å²) in [5.41, 5.74) is 7.62. The maximum atomic E-state index is 14.6. The fraction of sp³-hybridized carbons (Fsp3) is 0.138. The van der Waals surface area contributed by atoms with Gasteiger partial charge in [-0.2, -0.15) is 9.65 Å². The van der Waals surface area contributed by atoms with E-state index in [1.165, 1.54) is 11.6 Å². The fourth-order valence-electron chi connectivity index (χ4n) is 4.55. The number of hydrogen-bond donors (Lipinski definition) is 1. The number of hydrogen-bond acceptors (Lipinski definition) is 3. The molecule has 0 atom stereocenters. The number of nitrogens with one attached hydrogen (secondary N) is 1. The van der Waals surface area contributed by atoms with Gasteiger partial charge in [-0.1, -0.05) is 60.7 Å². The van der Waals surface area contributed by atoms with Crippen molar-refractivity contribution in [3.05, 3.63) is 106 Å². The Balaban J connectivity index is 1.85. The van der Waals surface area contributed by atoms with Crippen molar-refractivity contribution in [2.45, 2.75) is 19.8 Å². The molecule has 0 unspecified atom stereocenters. The normalized spacial score (nSPS) is 14.3. The number of rotatable bonds is 6. The summed E-state index contributed by atoms with van der Waals surface area (Å²) >= 11 is 0. The Morgan fingerprint density at radius 3 is 2.53 bits per heavy atom. The maximum Gasteiger partial charge on any atom is 0.241 e. The Kier molecular flexibility index (Phi) is 5.65. The van der Waals surface area contributed by atoms with Crippen LogP contribution in [0.25, 0.3) is 28.1 Å². The largest absolute Gasteiger partial charge is 0.286 e. The second-order valence-corrected chi connectivity index (χ2v) is 8.49. The summed E-state index contributed by atoms with van der Waals surface area (Å²) < 4.78 is 14.6. The quantitative estimate of drug-likeness (QED) is 0.276. The standard InChI is InChI=1S/C29H21FN3O/c1-18-5-2-3-7-22(18)26(21-12-13-21)27(20-10-8-19(9-11-20)6-4-16-34)23-14-15-25-28(24(23)17-31)29(30)33-32-25/h2-11,14-15,21H,12-13H2,1H3,(H,32,33)/b6-4+,27-26+. The third kappa shape index (κ3) is 3.84. The molecule has 1 aliphatic rings. The summed E-state index contributed by atoms with van der Waals surface area (Å²) in [4.78, 5) is 10.6. The summed E-state index contributed by atoms with van der Waals surface area (Å²) in [6.45, 7) is 2.09. The fourth-order valence-corrected chi connectivity index (χ4v) is 4.55. The first kappa shape index (κ1) is 21.5. The van der Waals surface area contributed by atoms with E-state index in [2.05, 4.69) is 35.3 Å². The molecule has 1 heterocycles. The van der Waals surface area contributed by atoms with Gasteiger partial charge in [-0.25, -0.2) is 0 Å². The van der Waals surface area contributed by atoms with Crippen LogP contribution in [0.4, 0.5) is 4.39 Å². The van der Waals surface area contributed by atoms with Gasteiger partial charge in [0.15, 0.2) is 0 Å². The highest BCUT2D eigenvalue weighted by Crippen LogP contribution is 2.49. The molecule has 5 rings (SSSR count). The molecule has 1 aliphatic carbocycles. The van der Waals surface area contributed by atoms with Crippen molar-refractivity contribution < 1.29 is 9.18 Å². The van der Waals surface area contributed by atoms with E-state index >= 15 is 0 Å². The van der Waals surface area contributed by atoms with E-state index < -0.39 is 5.95 Å². The van der Waals surface area contributed by atoms with Gasteiger partial charge in [-0.15, -0.1) is 5.10 Å². The minimum absolute atomic E-state index is 0.207. The van der Waals surface area contributed by atoms with Crippen LogP contribution in [0.5, 0.6) is 0 Å². The molecule has 34 heavy (non-hydrogen) atoms. The zero-order valence-electron chi connectivity index (χ0n) is 18.6. The van der Waals surface area contributed by atoms with E-state index in [4.69, 9.17) is 0 Å². The first-order chi connectivity index (χ1) is 16.6. The van der Waals surface area contributed by atoms with Gasteiger partial charge < -0.3 is 0 Å². The van der Waals surface area contributed by atoms with Crippen LogP contribution in [0, 0.1) is 30.1 Å². The van der Waals surface area contributed by atoms with Crippen molar-refractivity contribution in [3.63, 3.8) is 0 Å². The third-order valence-corrected chi connectivity index (χ3v) is 6.30. The van der Waals surface area contributed by atoms with E-state index in [1.807, 2.05) is 42.5 Å². The maximum absolute atomic E-state index is 14.6. The second-order valence-electron chi connectivity index (χ2n) is 8.49. The number of carbonyl (C=O) groups excluding carboxylic acids is 1. The van der Waals surface area contributed by atoms with Gasteiger partial charge in [0.1, 0.15) is 6.07 Å². The lowest BCUT2D eigenvalue weighted by atomic mass is 9.83. The summed E-state index contributed by atoms with van der Waals surface area (Å²) in [7, 11) is 0. The van der Waals surface area contributed by atoms with Crippen molar-refractivity contribution >= 4 is 34.4 Å². The van der Waals surface area contributed by atoms with Crippen LogP contribution in [0.2, 0.25) is 0 Å². The molecule has 1 saturated carbocycles. The van der Waals surface area contributed by atoms with Gasteiger partial charge in [-0.05, 0) is 71.2 Å². The Labute approximate surface area is 197 Å². The highest BCUT2D eigenvalue weighted by Gasteiger charge is 2.32. The van der Waals surface area contributed by atoms with Gasteiger partial charge in [0, 0.05) is 5.56 Å². The molecular weight excluding hydrogens is 425 g/mol. The Morgan fingerprint density at radius 1 is 1.09 bits per heavy atom. The summed E-state index contributed by atoms with van der Waals surface area (Å²) in [5.74, 6) is -0.320. The summed E-state index contributed by atoms with van der Waals surface area (Å²) in [5, 5.41) is 16.7. The molecule has 0 saturated heterocycles. The molecule has 0 spiro atoms. The van der Waals surface area contributed by atoms with Crippen LogP contribution in [0.15, 0.2) is 66.7 Å². The van der Waals surface area contributed by atoms with Crippen LogP contribution in [-0.4, -0.2) is 16.5 Å². The molecule has 4 aromatic rings. The number of halogens is 1. The molecule has 165 valence electrons. The number of fused-ring (bicyclic) bond motifs is 1. The summed E-state index contributed by atoms with van der Waals surface area (Å²) in [6.07, 6.45) is 6.91. The predicted octanol–water partition coefficient (Wildman–Crippen LogP) is 6.37. The van der Waals surface area contributed by atoms with Crippen molar-refractivity contribution in [2.75, 3.05) is 0 Å².